The summed E-state index contributed by atoms with van der Waals surface area (Å²) < 4.78 is 6.04. The van der Waals surface area contributed by atoms with Crippen LogP contribution in [0.5, 0.6) is 0 Å². The van der Waals surface area contributed by atoms with E-state index in [4.69, 9.17) is 4.42 Å². The van der Waals surface area contributed by atoms with Crippen LogP contribution in [-0.2, 0) is 4.79 Å². The molecular formula is C24H25N3O3. The number of fused-ring (bicyclic) bond motifs is 4. The van der Waals surface area contributed by atoms with E-state index in [0.29, 0.717) is 17.3 Å². The molecule has 0 saturated carbocycles. The second-order valence-electron chi connectivity index (χ2n) is 8.31. The van der Waals surface area contributed by atoms with Crippen molar-refractivity contribution in [2.45, 2.75) is 25.8 Å². The predicted octanol–water partition coefficient (Wildman–Crippen LogP) is 3.88. The highest BCUT2D eigenvalue weighted by atomic mass is 16.3. The summed E-state index contributed by atoms with van der Waals surface area (Å²) in [4.78, 5) is 26.7. The number of amides is 2. The first-order valence-electron chi connectivity index (χ1n) is 10.5. The third-order valence-corrected chi connectivity index (χ3v) is 6.23. The molecule has 2 amide bonds. The predicted molar refractivity (Wildman–Crippen MR) is 116 cm³/mol. The van der Waals surface area contributed by atoms with Crippen LogP contribution in [0.15, 0.2) is 52.9 Å². The first kappa shape index (κ1) is 18.9. The van der Waals surface area contributed by atoms with Crippen molar-refractivity contribution in [3.8, 4) is 11.1 Å². The maximum atomic E-state index is 12.9. The molecule has 3 aromatic rings. The van der Waals surface area contributed by atoms with Gasteiger partial charge in [-0.05, 0) is 55.6 Å². The summed E-state index contributed by atoms with van der Waals surface area (Å²) in [5.41, 5.74) is 3.22. The molecule has 1 aromatic heterocycles. The van der Waals surface area contributed by atoms with Gasteiger partial charge in [-0.3, -0.25) is 9.59 Å². The van der Waals surface area contributed by atoms with E-state index < -0.39 is 0 Å². The highest BCUT2D eigenvalue weighted by Gasteiger charge is 2.35. The van der Waals surface area contributed by atoms with Crippen LogP contribution in [0, 0.1) is 5.92 Å². The number of carbonyl (C=O) groups is 2. The zero-order valence-corrected chi connectivity index (χ0v) is 17.0. The van der Waals surface area contributed by atoms with E-state index in [1.54, 1.807) is 0 Å². The molecule has 2 aromatic carbocycles. The fraction of sp³-hybridized carbons (Fsp3) is 0.333. The Labute approximate surface area is 175 Å². The van der Waals surface area contributed by atoms with Gasteiger partial charge >= 0.3 is 0 Å². The van der Waals surface area contributed by atoms with Crippen LogP contribution in [0.3, 0.4) is 0 Å². The monoisotopic (exact) mass is 403 g/mol. The van der Waals surface area contributed by atoms with E-state index in [-0.39, 0.29) is 17.9 Å². The largest absolute Gasteiger partial charge is 0.450 e. The van der Waals surface area contributed by atoms with Gasteiger partial charge in [0.15, 0.2) is 5.76 Å². The third kappa shape index (κ3) is 3.59. The van der Waals surface area contributed by atoms with E-state index in [9.17, 15) is 9.59 Å². The Hall–Kier alpha value is -3.12. The van der Waals surface area contributed by atoms with Crippen LogP contribution in [-0.4, -0.2) is 42.4 Å². The maximum Gasteiger partial charge on any atom is 0.287 e. The number of nitrogens with zero attached hydrogens (tertiary/aromatic N) is 1. The maximum absolute atomic E-state index is 12.9. The van der Waals surface area contributed by atoms with Gasteiger partial charge < -0.3 is 20.0 Å². The Morgan fingerprint density at radius 1 is 1.07 bits per heavy atom. The van der Waals surface area contributed by atoms with Crippen molar-refractivity contribution in [3.05, 3.63) is 54.3 Å². The fourth-order valence-electron chi connectivity index (χ4n) is 4.74. The van der Waals surface area contributed by atoms with Crippen LogP contribution in [0.2, 0.25) is 0 Å². The fourth-order valence-corrected chi connectivity index (χ4v) is 4.74. The molecule has 0 radical (unpaired) electrons. The molecule has 0 unspecified atom stereocenters. The van der Waals surface area contributed by atoms with E-state index in [1.165, 1.54) is 6.92 Å². The summed E-state index contributed by atoms with van der Waals surface area (Å²) in [6.07, 6.45) is 2.31. The van der Waals surface area contributed by atoms with Crippen LogP contribution in [0.4, 0.5) is 5.69 Å². The number of rotatable bonds is 4. The normalized spacial score (nSPS) is 22.8. The lowest BCUT2D eigenvalue weighted by Crippen LogP contribution is -2.57. The van der Waals surface area contributed by atoms with Crippen molar-refractivity contribution in [2.75, 3.05) is 25.0 Å². The molecule has 3 saturated heterocycles. The minimum atomic E-state index is -0.150. The molecule has 2 N–H and O–H groups in total. The molecule has 6 heteroatoms. The SMILES string of the molecule is CC(=O)Nc1cccc(-c2cccc3cc(C(=O)N[C@H]4CN5CCC4CC5)oc23)c1. The lowest BCUT2D eigenvalue weighted by atomic mass is 9.84. The number of hydrogen-bond donors (Lipinski definition) is 2. The standard InChI is InChI=1S/C24H25N3O3/c1-15(28)25-19-6-2-4-17(12-19)20-7-3-5-18-13-22(30-23(18)20)24(29)26-21-14-27-10-8-16(21)9-11-27/h2-7,12-13,16,21H,8-11,14H2,1H3,(H,25,28)(H,26,29)/t21-/m0/s1. The van der Waals surface area contributed by atoms with Crippen LogP contribution in [0.1, 0.15) is 30.3 Å². The summed E-state index contributed by atoms with van der Waals surface area (Å²) in [7, 11) is 0. The molecule has 30 heavy (non-hydrogen) atoms. The van der Waals surface area contributed by atoms with Crippen molar-refractivity contribution in [1.29, 1.82) is 0 Å². The van der Waals surface area contributed by atoms with Crippen LogP contribution < -0.4 is 10.6 Å². The molecule has 1 atom stereocenters. The Morgan fingerprint density at radius 2 is 1.87 bits per heavy atom. The Bertz CT molecular complexity index is 1110. The van der Waals surface area contributed by atoms with Gasteiger partial charge in [0, 0.05) is 36.1 Å². The van der Waals surface area contributed by atoms with E-state index >= 15 is 0 Å². The number of anilines is 1. The average Bonchev–Trinajstić information content (AvgIpc) is 3.19. The quantitative estimate of drug-likeness (QED) is 0.693. The second-order valence-corrected chi connectivity index (χ2v) is 8.31. The summed E-state index contributed by atoms with van der Waals surface area (Å²) in [6, 6.07) is 15.5. The van der Waals surface area contributed by atoms with E-state index in [2.05, 4.69) is 15.5 Å². The number of carbonyl (C=O) groups excluding carboxylic acids is 2. The number of piperidine rings is 3. The third-order valence-electron chi connectivity index (χ3n) is 6.23. The van der Waals surface area contributed by atoms with Gasteiger partial charge in [-0.1, -0.05) is 30.3 Å². The molecule has 154 valence electrons. The molecule has 4 heterocycles. The first-order chi connectivity index (χ1) is 14.6. The molecule has 0 aliphatic carbocycles. The molecule has 3 aliphatic heterocycles. The first-order valence-corrected chi connectivity index (χ1v) is 10.5. The lowest BCUT2D eigenvalue weighted by molar-refractivity contribution is -0.114. The molecule has 3 fully saturated rings. The Morgan fingerprint density at radius 3 is 2.60 bits per heavy atom. The number of hydrogen-bond acceptors (Lipinski definition) is 4. The van der Waals surface area contributed by atoms with E-state index in [1.807, 2.05) is 48.5 Å². The molecule has 6 rings (SSSR count). The summed E-state index contributed by atoms with van der Waals surface area (Å²) in [5.74, 6) is 0.639. The topological polar surface area (TPSA) is 74.6 Å². The second kappa shape index (κ2) is 7.61. The number of nitrogens with one attached hydrogen (secondary N) is 2. The summed E-state index contributed by atoms with van der Waals surface area (Å²) >= 11 is 0. The molecule has 3 aliphatic rings. The van der Waals surface area contributed by atoms with Crippen LogP contribution >= 0.6 is 0 Å². The van der Waals surface area contributed by atoms with Gasteiger partial charge in [0.25, 0.3) is 5.91 Å². The van der Waals surface area contributed by atoms with Crippen molar-refractivity contribution < 1.29 is 14.0 Å². The van der Waals surface area contributed by atoms with Crippen molar-refractivity contribution in [1.82, 2.24) is 10.2 Å². The zero-order chi connectivity index (χ0) is 20.7. The lowest BCUT2D eigenvalue weighted by Gasteiger charge is -2.44. The van der Waals surface area contributed by atoms with Gasteiger partial charge in [0.1, 0.15) is 5.58 Å². The minimum absolute atomic E-state index is 0.116. The van der Waals surface area contributed by atoms with Crippen LogP contribution in [0.25, 0.3) is 22.1 Å². The molecule has 6 nitrogen and oxygen atoms in total. The Kier molecular flexibility index (Phi) is 4.79. The highest BCUT2D eigenvalue weighted by molar-refractivity contribution is 6.00. The number of furan rings is 1. The highest BCUT2D eigenvalue weighted by Crippen LogP contribution is 2.33. The van der Waals surface area contributed by atoms with Crippen molar-refractivity contribution in [3.63, 3.8) is 0 Å². The number of benzene rings is 2. The average molecular weight is 403 g/mol. The van der Waals surface area contributed by atoms with Crippen molar-refractivity contribution in [2.24, 2.45) is 5.92 Å². The van der Waals surface area contributed by atoms with Gasteiger partial charge in [-0.25, -0.2) is 0 Å². The van der Waals surface area contributed by atoms with Crippen molar-refractivity contribution >= 4 is 28.5 Å². The van der Waals surface area contributed by atoms with Gasteiger partial charge in [0.05, 0.1) is 0 Å². The zero-order valence-electron chi connectivity index (χ0n) is 17.0. The van der Waals surface area contributed by atoms with E-state index in [0.717, 1.165) is 54.7 Å². The molecule has 2 bridgehead atoms. The van der Waals surface area contributed by atoms with Gasteiger partial charge in [0.2, 0.25) is 5.91 Å². The molecular weight excluding hydrogens is 378 g/mol. The van der Waals surface area contributed by atoms with Gasteiger partial charge in [-0.15, -0.1) is 0 Å². The Balaban J connectivity index is 1.42. The van der Waals surface area contributed by atoms with Gasteiger partial charge in [-0.2, -0.15) is 0 Å². The minimum Gasteiger partial charge on any atom is -0.450 e. The summed E-state index contributed by atoms with van der Waals surface area (Å²) in [5, 5.41) is 6.89. The summed E-state index contributed by atoms with van der Waals surface area (Å²) in [6.45, 7) is 4.70. The smallest absolute Gasteiger partial charge is 0.287 e. The number of para-hydroxylation sites is 1. The molecule has 0 spiro atoms.